The largest absolute Gasteiger partial charge is 0.465 e. The fourth-order valence-corrected chi connectivity index (χ4v) is 3.03. The number of hydrogen-bond acceptors (Lipinski definition) is 2. The van der Waals surface area contributed by atoms with Crippen LogP contribution in [0.1, 0.15) is 34.1 Å². The number of carboxylic acid groups (broad SMARTS) is 1. The van der Waals surface area contributed by atoms with Gasteiger partial charge in [0.2, 0.25) is 0 Å². The van der Waals surface area contributed by atoms with Gasteiger partial charge in [-0.3, -0.25) is 4.79 Å². The lowest BCUT2D eigenvalue weighted by atomic mass is 10.1. The van der Waals surface area contributed by atoms with Crippen molar-refractivity contribution in [3.63, 3.8) is 0 Å². The summed E-state index contributed by atoms with van der Waals surface area (Å²) in [6.45, 7) is 0. The van der Waals surface area contributed by atoms with Crippen LogP contribution in [-0.2, 0) is 13.5 Å². The topological polar surface area (TPSA) is 83.4 Å². The van der Waals surface area contributed by atoms with Crippen molar-refractivity contribution in [3.8, 4) is 0 Å². The van der Waals surface area contributed by atoms with Gasteiger partial charge >= 0.3 is 6.09 Å². The summed E-state index contributed by atoms with van der Waals surface area (Å²) >= 11 is 0. The first-order chi connectivity index (χ1) is 11.0. The number of carbonyl (C=O) groups is 2. The summed E-state index contributed by atoms with van der Waals surface area (Å²) in [4.78, 5) is 23.3. The summed E-state index contributed by atoms with van der Waals surface area (Å²) in [5.74, 6) is -0.665. The Morgan fingerprint density at radius 1 is 1.30 bits per heavy atom. The summed E-state index contributed by atoms with van der Waals surface area (Å²) < 4.78 is 14.6. The monoisotopic (exact) mass is 317 g/mol. The molecule has 0 fully saturated rings. The smallest absolute Gasteiger partial charge is 0.405 e. The second kappa shape index (κ2) is 5.75. The number of anilines is 1. The summed E-state index contributed by atoms with van der Waals surface area (Å²) in [6.07, 6.45) is 1.97. The van der Waals surface area contributed by atoms with E-state index in [2.05, 4.69) is 10.6 Å². The molecule has 1 aliphatic rings. The number of halogens is 1. The van der Waals surface area contributed by atoms with Crippen LogP contribution in [0.15, 0.2) is 30.5 Å². The highest BCUT2D eigenvalue weighted by Gasteiger charge is 2.31. The Morgan fingerprint density at radius 3 is 2.65 bits per heavy atom. The Labute approximate surface area is 131 Å². The van der Waals surface area contributed by atoms with Crippen molar-refractivity contribution in [1.82, 2.24) is 9.88 Å². The summed E-state index contributed by atoms with van der Waals surface area (Å²) in [5.41, 5.74) is 2.69. The Hall–Kier alpha value is -2.83. The maximum Gasteiger partial charge on any atom is 0.405 e. The lowest BCUT2D eigenvalue weighted by Gasteiger charge is -2.09. The molecule has 2 amide bonds. The lowest BCUT2D eigenvalue weighted by Crippen LogP contribution is -2.24. The van der Waals surface area contributed by atoms with Gasteiger partial charge in [0.1, 0.15) is 11.5 Å². The van der Waals surface area contributed by atoms with E-state index in [0.717, 1.165) is 11.1 Å². The molecule has 0 spiro atoms. The molecule has 1 unspecified atom stereocenters. The Morgan fingerprint density at radius 2 is 2.00 bits per heavy atom. The third-order valence-corrected chi connectivity index (χ3v) is 3.99. The van der Waals surface area contributed by atoms with Gasteiger partial charge in [0, 0.05) is 18.9 Å². The molecule has 0 saturated carbocycles. The molecular weight excluding hydrogens is 301 g/mol. The van der Waals surface area contributed by atoms with Crippen LogP contribution in [0.3, 0.4) is 0 Å². The standard InChI is InChI=1S/C16H16FN3O3/c1-20-8-12-11(6-7-13(12)19-16(22)23)14(20)15(21)18-10-4-2-9(17)3-5-10/h2-5,8,13,19H,6-7H2,1H3,(H,18,21)(H,22,23). The van der Waals surface area contributed by atoms with Crippen molar-refractivity contribution >= 4 is 17.7 Å². The zero-order valence-corrected chi connectivity index (χ0v) is 12.5. The first-order valence-electron chi connectivity index (χ1n) is 7.20. The van der Waals surface area contributed by atoms with Crippen LogP contribution >= 0.6 is 0 Å². The summed E-state index contributed by atoms with van der Waals surface area (Å²) in [6, 6.07) is 5.24. The van der Waals surface area contributed by atoms with Crippen molar-refractivity contribution in [2.75, 3.05) is 5.32 Å². The number of nitrogens with one attached hydrogen (secondary N) is 2. The predicted molar refractivity (Wildman–Crippen MR) is 82.0 cm³/mol. The SMILES string of the molecule is Cn1cc2c(c1C(=O)Nc1ccc(F)cc1)CCC2NC(=O)O. The molecule has 1 heterocycles. The highest BCUT2D eigenvalue weighted by atomic mass is 19.1. The Kier molecular flexibility index (Phi) is 3.77. The summed E-state index contributed by atoms with van der Waals surface area (Å²) in [5, 5.41) is 14.1. The van der Waals surface area contributed by atoms with Crippen LogP contribution in [0.5, 0.6) is 0 Å². The highest BCUT2D eigenvalue weighted by molar-refractivity contribution is 6.04. The number of fused-ring (bicyclic) bond motifs is 1. The van der Waals surface area contributed by atoms with Crippen LogP contribution in [0, 0.1) is 5.82 Å². The number of nitrogens with zero attached hydrogens (tertiary/aromatic N) is 1. The molecule has 1 aromatic heterocycles. The van der Waals surface area contributed by atoms with Gasteiger partial charge < -0.3 is 20.3 Å². The van der Waals surface area contributed by atoms with Gasteiger partial charge in [-0.05, 0) is 48.2 Å². The van der Waals surface area contributed by atoms with Crippen LogP contribution in [0.4, 0.5) is 14.9 Å². The average molecular weight is 317 g/mol. The van der Waals surface area contributed by atoms with E-state index in [4.69, 9.17) is 5.11 Å². The van der Waals surface area contributed by atoms with Gasteiger partial charge in [-0.1, -0.05) is 0 Å². The van der Waals surface area contributed by atoms with E-state index >= 15 is 0 Å². The van der Waals surface area contributed by atoms with Gasteiger partial charge in [0.05, 0.1) is 6.04 Å². The van der Waals surface area contributed by atoms with E-state index in [9.17, 15) is 14.0 Å². The molecule has 120 valence electrons. The van der Waals surface area contributed by atoms with E-state index in [0.29, 0.717) is 24.2 Å². The van der Waals surface area contributed by atoms with Gasteiger partial charge in [-0.25, -0.2) is 9.18 Å². The molecule has 1 aromatic carbocycles. The molecule has 0 radical (unpaired) electrons. The zero-order chi connectivity index (χ0) is 16.6. The number of aromatic nitrogens is 1. The number of rotatable bonds is 3. The molecule has 0 saturated heterocycles. The van der Waals surface area contributed by atoms with E-state index in [-0.39, 0.29) is 17.8 Å². The zero-order valence-electron chi connectivity index (χ0n) is 12.5. The van der Waals surface area contributed by atoms with Crippen LogP contribution in [-0.4, -0.2) is 21.7 Å². The lowest BCUT2D eigenvalue weighted by molar-refractivity contribution is 0.101. The molecule has 1 atom stereocenters. The van der Waals surface area contributed by atoms with E-state index in [1.54, 1.807) is 17.8 Å². The van der Waals surface area contributed by atoms with Crippen molar-refractivity contribution < 1.29 is 19.1 Å². The molecule has 3 N–H and O–H groups in total. The van der Waals surface area contributed by atoms with Crippen LogP contribution in [0.2, 0.25) is 0 Å². The van der Waals surface area contributed by atoms with E-state index < -0.39 is 6.09 Å². The normalized spacial score (nSPS) is 16.0. The molecule has 3 rings (SSSR count). The van der Waals surface area contributed by atoms with Crippen molar-refractivity contribution in [1.29, 1.82) is 0 Å². The first-order valence-corrected chi connectivity index (χ1v) is 7.20. The molecular formula is C16H16FN3O3. The Balaban J connectivity index is 1.85. The molecule has 0 bridgehead atoms. The minimum Gasteiger partial charge on any atom is -0.465 e. The van der Waals surface area contributed by atoms with Gasteiger partial charge in [-0.15, -0.1) is 0 Å². The molecule has 2 aromatic rings. The first kappa shape index (κ1) is 15.1. The highest BCUT2D eigenvalue weighted by Crippen LogP contribution is 2.34. The third kappa shape index (κ3) is 2.90. The van der Waals surface area contributed by atoms with Gasteiger partial charge in [0.15, 0.2) is 0 Å². The van der Waals surface area contributed by atoms with Crippen molar-refractivity contribution in [2.24, 2.45) is 7.05 Å². The van der Waals surface area contributed by atoms with Gasteiger partial charge in [-0.2, -0.15) is 0 Å². The average Bonchev–Trinajstić information content (AvgIpc) is 3.00. The number of benzene rings is 1. The minimum absolute atomic E-state index is 0.291. The second-order valence-electron chi connectivity index (χ2n) is 5.52. The van der Waals surface area contributed by atoms with Crippen LogP contribution < -0.4 is 10.6 Å². The van der Waals surface area contributed by atoms with Crippen molar-refractivity contribution in [2.45, 2.75) is 18.9 Å². The number of aryl methyl sites for hydroxylation is 1. The number of amides is 2. The van der Waals surface area contributed by atoms with Crippen LogP contribution in [0.25, 0.3) is 0 Å². The number of carbonyl (C=O) groups excluding carboxylic acids is 1. The molecule has 1 aliphatic carbocycles. The van der Waals surface area contributed by atoms with E-state index in [1.807, 2.05) is 0 Å². The third-order valence-electron chi connectivity index (χ3n) is 3.99. The van der Waals surface area contributed by atoms with E-state index in [1.165, 1.54) is 24.3 Å². The second-order valence-corrected chi connectivity index (χ2v) is 5.52. The summed E-state index contributed by atoms with van der Waals surface area (Å²) in [7, 11) is 1.75. The Bertz CT molecular complexity index is 768. The fraction of sp³-hybridized carbons (Fsp3) is 0.250. The molecule has 23 heavy (non-hydrogen) atoms. The predicted octanol–water partition coefficient (Wildman–Crippen LogP) is 2.67. The molecule has 0 aliphatic heterocycles. The molecule has 6 nitrogen and oxygen atoms in total. The van der Waals surface area contributed by atoms with Gasteiger partial charge in [0.25, 0.3) is 5.91 Å². The quantitative estimate of drug-likeness (QED) is 0.814. The molecule has 7 heteroatoms. The minimum atomic E-state index is -1.08. The maximum atomic E-state index is 12.9. The maximum absolute atomic E-state index is 12.9. The fourth-order valence-electron chi connectivity index (χ4n) is 3.03. The van der Waals surface area contributed by atoms with Crippen molar-refractivity contribution in [3.05, 3.63) is 53.1 Å². The number of hydrogen-bond donors (Lipinski definition) is 3.